The highest BCUT2D eigenvalue weighted by atomic mass is 16.5. The molecule has 138 valence electrons. The van der Waals surface area contributed by atoms with Crippen molar-refractivity contribution in [2.24, 2.45) is 0 Å². The van der Waals surface area contributed by atoms with Gasteiger partial charge in [-0.15, -0.1) is 0 Å². The second kappa shape index (κ2) is 8.31. The summed E-state index contributed by atoms with van der Waals surface area (Å²) in [5, 5.41) is 6.07. The van der Waals surface area contributed by atoms with Gasteiger partial charge in [0.1, 0.15) is 11.4 Å². The van der Waals surface area contributed by atoms with Gasteiger partial charge >= 0.3 is 0 Å². The van der Waals surface area contributed by atoms with E-state index in [1.165, 1.54) is 0 Å². The lowest BCUT2D eigenvalue weighted by molar-refractivity contribution is 0.102. The standard InChI is InChI=1S/C21H22N4O2/c1-4-15-7-5-6-14(2)19(15)25-20(26)18-12-13-22-21(24-18)23-16-8-10-17(27-3)11-9-16/h5-13H,4H2,1-3H3,(H,25,26)(H,22,23,24). The van der Waals surface area contributed by atoms with E-state index in [-0.39, 0.29) is 5.91 Å². The van der Waals surface area contributed by atoms with Gasteiger partial charge in [0.05, 0.1) is 7.11 Å². The maximum atomic E-state index is 12.7. The second-order valence-electron chi connectivity index (χ2n) is 6.04. The fourth-order valence-corrected chi connectivity index (χ4v) is 2.73. The van der Waals surface area contributed by atoms with E-state index in [1.807, 2.05) is 49.4 Å². The number of aromatic nitrogens is 2. The summed E-state index contributed by atoms with van der Waals surface area (Å²) in [5.74, 6) is 0.854. The van der Waals surface area contributed by atoms with Crippen molar-refractivity contribution < 1.29 is 9.53 Å². The van der Waals surface area contributed by atoms with E-state index >= 15 is 0 Å². The van der Waals surface area contributed by atoms with Gasteiger partial charge in [-0.3, -0.25) is 4.79 Å². The number of benzene rings is 2. The number of amides is 1. The number of carbonyl (C=O) groups is 1. The normalized spacial score (nSPS) is 10.3. The number of rotatable bonds is 6. The molecule has 0 saturated carbocycles. The molecule has 0 radical (unpaired) electrons. The Kier molecular flexibility index (Phi) is 5.66. The summed E-state index contributed by atoms with van der Waals surface area (Å²) >= 11 is 0. The topological polar surface area (TPSA) is 76.1 Å². The van der Waals surface area contributed by atoms with Crippen molar-refractivity contribution in [1.29, 1.82) is 0 Å². The fourth-order valence-electron chi connectivity index (χ4n) is 2.73. The van der Waals surface area contributed by atoms with Gasteiger partial charge in [-0.1, -0.05) is 25.1 Å². The van der Waals surface area contributed by atoms with Crippen LogP contribution < -0.4 is 15.4 Å². The van der Waals surface area contributed by atoms with Crippen molar-refractivity contribution in [3.63, 3.8) is 0 Å². The number of anilines is 3. The molecule has 0 aliphatic rings. The molecule has 0 saturated heterocycles. The molecule has 0 spiro atoms. The number of aryl methyl sites for hydroxylation is 2. The van der Waals surface area contributed by atoms with Crippen LogP contribution in [0.2, 0.25) is 0 Å². The second-order valence-corrected chi connectivity index (χ2v) is 6.04. The van der Waals surface area contributed by atoms with Gasteiger partial charge in [0.2, 0.25) is 5.95 Å². The van der Waals surface area contributed by atoms with E-state index in [1.54, 1.807) is 19.4 Å². The average molecular weight is 362 g/mol. The number of carbonyl (C=O) groups excluding carboxylic acids is 1. The minimum atomic E-state index is -0.265. The van der Waals surface area contributed by atoms with Crippen LogP contribution in [0.4, 0.5) is 17.3 Å². The Morgan fingerprint density at radius 1 is 1.11 bits per heavy atom. The molecular formula is C21H22N4O2. The van der Waals surface area contributed by atoms with E-state index < -0.39 is 0 Å². The lowest BCUT2D eigenvalue weighted by atomic mass is 10.1. The molecule has 27 heavy (non-hydrogen) atoms. The smallest absolute Gasteiger partial charge is 0.274 e. The number of hydrogen-bond donors (Lipinski definition) is 2. The summed E-state index contributed by atoms with van der Waals surface area (Å²) in [7, 11) is 1.62. The zero-order valence-electron chi connectivity index (χ0n) is 15.6. The molecule has 0 bridgehead atoms. The molecule has 0 fully saturated rings. The maximum Gasteiger partial charge on any atom is 0.274 e. The van der Waals surface area contributed by atoms with Crippen LogP contribution in [0, 0.1) is 6.92 Å². The number of methoxy groups -OCH3 is 1. The Morgan fingerprint density at radius 2 is 1.89 bits per heavy atom. The van der Waals surface area contributed by atoms with Crippen molar-refractivity contribution >= 4 is 23.2 Å². The van der Waals surface area contributed by atoms with Gasteiger partial charge in [-0.2, -0.15) is 0 Å². The summed E-state index contributed by atoms with van der Waals surface area (Å²) in [4.78, 5) is 21.2. The summed E-state index contributed by atoms with van der Waals surface area (Å²) in [6.07, 6.45) is 2.40. The van der Waals surface area contributed by atoms with Crippen molar-refractivity contribution in [3.8, 4) is 5.75 Å². The Morgan fingerprint density at radius 3 is 2.59 bits per heavy atom. The molecule has 1 heterocycles. The molecule has 0 unspecified atom stereocenters. The highest BCUT2D eigenvalue weighted by molar-refractivity contribution is 6.03. The first-order chi connectivity index (χ1) is 13.1. The van der Waals surface area contributed by atoms with Crippen LogP contribution in [0.3, 0.4) is 0 Å². The van der Waals surface area contributed by atoms with Crippen LogP contribution in [0.15, 0.2) is 54.7 Å². The summed E-state index contributed by atoms with van der Waals surface area (Å²) < 4.78 is 5.14. The first kappa shape index (κ1) is 18.4. The Labute approximate surface area is 158 Å². The molecule has 6 heteroatoms. The first-order valence-corrected chi connectivity index (χ1v) is 8.74. The third-order valence-corrected chi connectivity index (χ3v) is 4.21. The monoisotopic (exact) mass is 362 g/mol. The van der Waals surface area contributed by atoms with Crippen molar-refractivity contribution in [2.45, 2.75) is 20.3 Å². The molecule has 0 aliphatic heterocycles. The number of nitrogens with one attached hydrogen (secondary N) is 2. The van der Waals surface area contributed by atoms with E-state index in [9.17, 15) is 4.79 Å². The van der Waals surface area contributed by atoms with E-state index in [0.29, 0.717) is 11.6 Å². The minimum absolute atomic E-state index is 0.265. The number of hydrogen-bond acceptors (Lipinski definition) is 5. The summed E-state index contributed by atoms with van der Waals surface area (Å²) in [5.41, 5.74) is 4.06. The quantitative estimate of drug-likeness (QED) is 0.682. The van der Waals surface area contributed by atoms with Crippen LogP contribution in [0.1, 0.15) is 28.5 Å². The Balaban J connectivity index is 1.77. The Hall–Kier alpha value is -3.41. The van der Waals surface area contributed by atoms with Gasteiger partial charge in [-0.25, -0.2) is 9.97 Å². The first-order valence-electron chi connectivity index (χ1n) is 8.74. The number of nitrogens with zero attached hydrogens (tertiary/aromatic N) is 2. The largest absolute Gasteiger partial charge is 0.497 e. The van der Waals surface area contributed by atoms with Gasteiger partial charge in [0, 0.05) is 17.6 Å². The molecule has 0 atom stereocenters. The van der Waals surface area contributed by atoms with Crippen molar-refractivity contribution in [3.05, 3.63) is 71.5 Å². The SMILES string of the molecule is CCc1cccc(C)c1NC(=O)c1ccnc(Nc2ccc(OC)cc2)n1. The van der Waals surface area contributed by atoms with Gasteiger partial charge in [0.15, 0.2) is 0 Å². The molecule has 1 aromatic heterocycles. The lowest BCUT2D eigenvalue weighted by Gasteiger charge is -2.13. The van der Waals surface area contributed by atoms with E-state index in [0.717, 1.165) is 34.7 Å². The Bertz CT molecular complexity index is 939. The van der Waals surface area contributed by atoms with Gasteiger partial charge < -0.3 is 15.4 Å². The molecular weight excluding hydrogens is 340 g/mol. The molecule has 6 nitrogen and oxygen atoms in total. The lowest BCUT2D eigenvalue weighted by Crippen LogP contribution is -2.16. The molecule has 2 N–H and O–H groups in total. The van der Waals surface area contributed by atoms with Crippen molar-refractivity contribution in [2.75, 3.05) is 17.7 Å². The molecule has 3 aromatic rings. The zero-order valence-corrected chi connectivity index (χ0v) is 15.6. The minimum Gasteiger partial charge on any atom is -0.497 e. The van der Waals surface area contributed by atoms with Gasteiger partial charge in [0.25, 0.3) is 5.91 Å². The van der Waals surface area contributed by atoms with Crippen LogP contribution in [0.5, 0.6) is 5.75 Å². The van der Waals surface area contributed by atoms with Crippen LogP contribution in [0.25, 0.3) is 0 Å². The third kappa shape index (κ3) is 4.41. The zero-order chi connectivity index (χ0) is 19.2. The predicted molar refractivity (Wildman–Crippen MR) is 107 cm³/mol. The highest BCUT2D eigenvalue weighted by Crippen LogP contribution is 2.22. The molecule has 1 amide bonds. The number of ether oxygens (including phenoxy) is 1. The van der Waals surface area contributed by atoms with Crippen LogP contribution >= 0.6 is 0 Å². The van der Waals surface area contributed by atoms with Crippen molar-refractivity contribution in [1.82, 2.24) is 9.97 Å². The van der Waals surface area contributed by atoms with Crippen LogP contribution in [-0.4, -0.2) is 23.0 Å². The molecule has 2 aromatic carbocycles. The van der Waals surface area contributed by atoms with E-state index in [2.05, 4.69) is 27.5 Å². The summed E-state index contributed by atoms with van der Waals surface area (Å²) in [6.45, 7) is 4.04. The fraction of sp³-hybridized carbons (Fsp3) is 0.190. The predicted octanol–water partition coefficient (Wildman–Crippen LogP) is 4.35. The molecule has 0 aliphatic carbocycles. The third-order valence-electron chi connectivity index (χ3n) is 4.21. The summed E-state index contributed by atoms with van der Waals surface area (Å²) in [6, 6.07) is 15.0. The van der Waals surface area contributed by atoms with Gasteiger partial charge in [-0.05, 0) is 54.8 Å². The maximum absolute atomic E-state index is 12.7. The van der Waals surface area contributed by atoms with Crippen LogP contribution in [-0.2, 0) is 6.42 Å². The van der Waals surface area contributed by atoms with E-state index in [4.69, 9.17) is 4.74 Å². The highest BCUT2D eigenvalue weighted by Gasteiger charge is 2.13. The molecule has 3 rings (SSSR count). The number of para-hydroxylation sites is 1. The average Bonchev–Trinajstić information content (AvgIpc) is 2.70.